The van der Waals surface area contributed by atoms with Gasteiger partial charge >= 0.3 is 0 Å². The van der Waals surface area contributed by atoms with Gasteiger partial charge in [0.15, 0.2) is 0 Å². The zero-order valence-electron chi connectivity index (χ0n) is 12.6. The minimum absolute atomic E-state index is 0.686. The lowest BCUT2D eigenvalue weighted by Crippen LogP contribution is -1.80. The van der Waals surface area contributed by atoms with Crippen molar-refractivity contribution in [3.8, 4) is 0 Å². The van der Waals surface area contributed by atoms with Gasteiger partial charge in [-0.2, -0.15) is 0 Å². The van der Waals surface area contributed by atoms with Gasteiger partial charge in [-0.3, -0.25) is 0 Å². The van der Waals surface area contributed by atoms with E-state index in [2.05, 4.69) is 19.1 Å². The second-order valence-electron chi connectivity index (χ2n) is 5.03. The van der Waals surface area contributed by atoms with Crippen LogP contribution in [0.4, 0.5) is 0 Å². The van der Waals surface area contributed by atoms with E-state index in [0.29, 0.717) is 6.42 Å². The highest BCUT2D eigenvalue weighted by molar-refractivity contribution is 5.45. The Bertz CT molecular complexity index is 269. The third-order valence-electron chi connectivity index (χ3n) is 3.19. The van der Waals surface area contributed by atoms with E-state index in [1.54, 1.807) is 5.94 Å². The van der Waals surface area contributed by atoms with Crippen LogP contribution in [-0.4, -0.2) is 5.94 Å². The molecule has 1 heteroatoms. The highest BCUT2D eigenvalue weighted by Gasteiger charge is 1.90. The topological polar surface area (TPSA) is 17.1 Å². The van der Waals surface area contributed by atoms with Gasteiger partial charge in [-0.1, -0.05) is 82.6 Å². The first-order valence-corrected chi connectivity index (χ1v) is 7.92. The average molecular weight is 262 g/mol. The first kappa shape index (κ1) is 17.9. The van der Waals surface area contributed by atoms with Crippen LogP contribution < -0.4 is 0 Å². The normalized spacial score (nSPS) is 11.2. The van der Waals surface area contributed by atoms with Gasteiger partial charge in [-0.05, 0) is 19.3 Å². The van der Waals surface area contributed by atoms with E-state index in [1.807, 2.05) is 12.2 Å². The summed E-state index contributed by atoms with van der Waals surface area (Å²) in [5.74, 6) is 1.76. The molecule has 0 aromatic heterocycles. The molecule has 1 nitrogen and oxygen atoms in total. The third kappa shape index (κ3) is 16.9. The van der Waals surface area contributed by atoms with E-state index in [-0.39, 0.29) is 0 Å². The zero-order valence-corrected chi connectivity index (χ0v) is 12.6. The Morgan fingerprint density at radius 2 is 1.37 bits per heavy atom. The number of allylic oxidation sites excluding steroid dienone is 5. The molecule has 0 spiro atoms. The van der Waals surface area contributed by atoms with Crippen molar-refractivity contribution in [3.05, 3.63) is 30.4 Å². The summed E-state index contributed by atoms with van der Waals surface area (Å²) in [4.78, 5) is 9.91. The van der Waals surface area contributed by atoms with Crippen LogP contribution in [-0.2, 0) is 4.79 Å². The smallest absolute Gasteiger partial charge is 0.120 e. The molecule has 0 unspecified atom stereocenters. The van der Waals surface area contributed by atoms with Crippen LogP contribution in [0.25, 0.3) is 0 Å². The molecule has 108 valence electrons. The molecule has 0 aliphatic heterocycles. The molecule has 0 fully saturated rings. The van der Waals surface area contributed by atoms with Gasteiger partial charge in [-0.15, -0.1) is 0 Å². The fraction of sp³-hybridized carbons (Fsp3) is 0.667. The summed E-state index contributed by atoms with van der Waals surface area (Å²) < 4.78 is 0. The lowest BCUT2D eigenvalue weighted by Gasteiger charge is -2.00. The summed E-state index contributed by atoms with van der Waals surface area (Å²) >= 11 is 0. The van der Waals surface area contributed by atoms with Gasteiger partial charge in [0.2, 0.25) is 0 Å². The second kappa shape index (κ2) is 16.9. The van der Waals surface area contributed by atoms with Crippen molar-refractivity contribution in [2.75, 3.05) is 0 Å². The minimum atomic E-state index is 0.686. The molecule has 0 rings (SSSR count). The Labute approximate surface area is 119 Å². The van der Waals surface area contributed by atoms with Crippen LogP contribution in [0, 0.1) is 0 Å². The van der Waals surface area contributed by atoms with E-state index in [0.717, 1.165) is 0 Å². The van der Waals surface area contributed by atoms with Crippen LogP contribution >= 0.6 is 0 Å². The molecule has 0 bridgehead atoms. The summed E-state index contributed by atoms with van der Waals surface area (Å²) in [6, 6.07) is 0. The molecule has 0 amide bonds. The molecule has 0 saturated carbocycles. The van der Waals surface area contributed by atoms with E-state index in [9.17, 15) is 4.79 Å². The van der Waals surface area contributed by atoms with E-state index in [4.69, 9.17) is 0 Å². The standard InChI is InChI=1S/C18H30O/c1-2-3-4-5-6-7-8-9-10-11-12-13-14-15-16-17-18-19/h12-15,17H,2-11,16H2,1H3/b13-12+,15-14+. The Kier molecular flexibility index (Phi) is 16.0. The van der Waals surface area contributed by atoms with Crippen molar-refractivity contribution >= 4 is 5.94 Å². The molecule has 0 heterocycles. The molecule has 0 aromatic rings. The summed E-state index contributed by atoms with van der Waals surface area (Å²) in [5.41, 5.74) is 0. The maximum atomic E-state index is 9.91. The van der Waals surface area contributed by atoms with Crippen molar-refractivity contribution in [2.45, 2.75) is 77.6 Å². The maximum absolute atomic E-state index is 9.91. The molecule has 0 N–H and O–H groups in total. The third-order valence-corrected chi connectivity index (χ3v) is 3.19. The van der Waals surface area contributed by atoms with Crippen LogP contribution in [0.1, 0.15) is 77.6 Å². The Morgan fingerprint density at radius 3 is 2.00 bits per heavy atom. The lowest BCUT2D eigenvalue weighted by molar-refractivity contribution is 0.566. The van der Waals surface area contributed by atoms with Crippen LogP contribution in [0.2, 0.25) is 0 Å². The molecule has 19 heavy (non-hydrogen) atoms. The van der Waals surface area contributed by atoms with Crippen LogP contribution in [0.3, 0.4) is 0 Å². The Morgan fingerprint density at radius 1 is 0.789 bits per heavy atom. The molecular formula is C18H30O. The van der Waals surface area contributed by atoms with Gasteiger partial charge in [0.25, 0.3) is 0 Å². The van der Waals surface area contributed by atoms with Crippen molar-refractivity contribution in [1.82, 2.24) is 0 Å². The molecular weight excluding hydrogens is 232 g/mol. The van der Waals surface area contributed by atoms with Crippen molar-refractivity contribution in [2.24, 2.45) is 0 Å². The Balaban J connectivity index is 3.15. The first-order chi connectivity index (χ1) is 9.41. The van der Waals surface area contributed by atoms with Gasteiger partial charge in [0, 0.05) is 6.08 Å². The summed E-state index contributed by atoms with van der Waals surface area (Å²) in [7, 11) is 0. The van der Waals surface area contributed by atoms with Crippen molar-refractivity contribution < 1.29 is 4.79 Å². The molecule has 0 aromatic carbocycles. The fourth-order valence-electron chi connectivity index (χ4n) is 2.02. The van der Waals surface area contributed by atoms with Gasteiger partial charge in [0.05, 0.1) is 0 Å². The fourth-order valence-corrected chi connectivity index (χ4v) is 2.02. The number of hydrogen-bond donors (Lipinski definition) is 0. The van der Waals surface area contributed by atoms with Gasteiger partial charge in [0.1, 0.15) is 5.94 Å². The zero-order chi connectivity index (χ0) is 14.0. The van der Waals surface area contributed by atoms with Gasteiger partial charge < -0.3 is 0 Å². The Hall–Kier alpha value is -1.07. The SMILES string of the molecule is CCCCCCCCCCC/C=C/C=C/CC=C=O. The summed E-state index contributed by atoms with van der Waals surface area (Å²) in [6.45, 7) is 2.27. The predicted molar refractivity (Wildman–Crippen MR) is 85.0 cm³/mol. The summed E-state index contributed by atoms with van der Waals surface area (Å²) in [5, 5.41) is 0. The largest absolute Gasteiger partial charge is 0.234 e. The molecule has 0 saturated heterocycles. The van der Waals surface area contributed by atoms with Crippen molar-refractivity contribution in [3.63, 3.8) is 0 Å². The predicted octanol–water partition coefficient (Wildman–Crippen LogP) is 5.80. The average Bonchev–Trinajstić information content (AvgIpc) is 2.43. The van der Waals surface area contributed by atoms with Crippen LogP contribution in [0.5, 0.6) is 0 Å². The number of rotatable bonds is 13. The highest BCUT2D eigenvalue weighted by Crippen LogP contribution is 2.10. The number of unbranched alkanes of at least 4 members (excludes halogenated alkanes) is 9. The number of carbonyl (C=O) groups excluding carboxylic acids is 1. The molecule has 0 aliphatic carbocycles. The first-order valence-electron chi connectivity index (χ1n) is 7.92. The molecule has 0 atom stereocenters. The molecule has 0 aliphatic rings. The quantitative estimate of drug-likeness (QED) is 0.233. The summed E-state index contributed by atoms with van der Waals surface area (Å²) in [6.07, 6.45) is 24.1. The number of hydrogen-bond acceptors (Lipinski definition) is 1. The van der Waals surface area contributed by atoms with Gasteiger partial charge in [-0.25, -0.2) is 4.79 Å². The second-order valence-corrected chi connectivity index (χ2v) is 5.03. The lowest BCUT2D eigenvalue weighted by atomic mass is 10.1. The maximum Gasteiger partial charge on any atom is 0.120 e. The van der Waals surface area contributed by atoms with Crippen LogP contribution in [0.15, 0.2) is 30.4 Å². The monoisotopic (exact) mass is 262 g/mol. The van der Waals surface area contributed by atoms with E-state index >= 15 is 0 Å². The van der Waals surface area contributed by atoms with E-state index < -0.39 is 0 Å². The minimum Gasteiger partial charge on any atom is -0.234 e. The van der Waals surface area contributed by atoms with Crippen molar-refractivity contribution in [1.29, 1.82) is 0 Å². The van der Waals surface area contributed by atoms with E-state index in [1.165, 1.54) is 70.3 Å². The highest BCUT2D eigenvalue weighted by atomic mass is 16.1. The molecule has 0 radical (unpaired) electrons.